The number of anilines is 2. The van der Waals surface area contributed by atoms with Gasteiger partial charge in [-0.25, -0.2) is 0 Å². The quantitative estimate of drug-likeness (QED) is 0.737. The molecule has 0 fully saturated rings. The number of nitrogens with one attached hydrogen (secondary N) is 2. The number of halogens is 1. The number of hydrogen-bond acceptors (Lipinski definition) is 3. The van der Waals surface area contributed by atoms with Crippen molar-refractivity contribution >= 4 is 33.2 Å². The molecule has 0 bridgehead atoms. The molecule has 0 aliphatic carbocycles. The van der Waals surface area contributed by atoms with Crippen molar-refractivity contribution in [3.8, 4) is 5.75 Å². The van der Waals surface area contributed by atoms with Gasteiger partial charge in [0.25, 0.3) is 0 Å². The summed E-state index contributed by atoms with van der Waals surface area (Å²) in [6.45, 7) is 4.55. The second-order valence-corrected chi connectivity index (χ2v) is 6.34. The average Bonchev–Trinajstić information content (AvgIpc) is 2.51. The van der Waals surface area contributed by atoms with Gasteiger partial charge in [0.1, 0.15) is 5.75 Å². The molecule has 0 heterocycles. The Morgan fingerprint density at radius 1 is 1.04 bits per heavy atom. The molecule has 1 amide bonds. The van der Waals surface area contributed by atoms with E-state index in [9.17, 15) is 4.79 Å². The van der Waals surface area contributed by atoms with Gasteiger partial charge in [-0.3, -0.25) is 4.79 Å². The summed E-state index contributed by atoms with van der Waals surface area (Å²) in [6, 6.07) is 15.3. The fraction of sp³-hybridized carbons (Fsp3) is 0.278. The van der Waals surface area contributed by atoms with Gasteiger partial charge in [-0.1, -0.05) is 15.9 Å². The predicted molar refractivity (Wildman–Crippen MR) is 98.1 cm³/mol. The van der Waals surface area contributed by atoms with Crippen LogP contribution in [-0.4, -0.2) is 18.6 Å². The van der Waals surface area contributed by atoms with Crippen molar-refractivity contribution in [2.45, 2.75) is 26.4 Å². The first-order valence-corrected chi connectivity index (χ1v) is 8.38. The van der Waals surface area contributed by atoms with E-state index in [2.05, 4.69) is 26.6 Å². The molecule has 0 unspecified atom stereocenters. The zero-order valence-corrected chi connectivity index (χ0v) is 14.9. The Balaban J connectivity index is 1.75. The van der Waals surface area contributed by atoms with E-state index in [4.69, 9.17) is 4.74 Å². The lowest BCUT2D eigenvalue weighted by Gasteiger charge is -2.11. The van der Waals surface area contributed by atoms with Gasteiger partial charge in [-0.15, -0.1) is 0 Å². The van der Waals surface area contributed by atoms with Gasteiger partial charge in [0.15, 0.2) is 0 Å². The van der Waals surface area contributed by atoms with E-state index < -0.39 is 0 Å². The number of benzene rings is 2. The Morgan fingerprint density at radius 2 is 1.65 bits per heavy atom. The third kappa shape index (κ3) is 6.32. The Kier molecular flexibility index (Phi) is 6.47. The number of hydrogen-bond donors (Lipinski definition) is 2. The summed E-state index contributed by atoms with van der Waals surface area (Å²) in [6.07, 6.45) is 0.542. The second kappa shape index (κ2) is 8.58. The molecule has 0 radical (unpaired) electrons. The number of ether oxygens (including phenoxy) is 1. The van der Waals surface area contributed by atoms with Crippen LogP contribution in [0.25, 0.3) is 0 Å². The summed E-state index contributed by atoms with van der Waals surface area (Å²) in [4.78, 5) is 11.9. The molecule has 2 rings (SSSR count). The Labute approximate surface area is 145 Å². The number of rotatable bonds is 7. The highest BCUT2D eigenvalue weighted by Crippen LogP contribution is 2.17. The molecule has 0 saturated carbocycles. The smallest absolute Gasteiger partial charge is 0.226 e. The lowest BCUT2D eigenvalue weighted by atomic mass is 10.2. The van der Waals surface area contributed by atoms with Gasteiger partial charge >= 0.3 is 0 Å². The van der Waals surface area contributed by atoms with Crippen LogP contribution in [0, 0.1) is 0 Å². The first-order chi connectivity index (χ1) is 11.0. The number of carbonyl (C=O) groups is 1. The van der Waals surface area contributed by atoms with Gasteiger partial charge in [-0.05, 0) is 62.4 Å². The van der Waals surface area contributed by atoms with Crippen LogP contribution in [0.5, 0.6) is 5.75 Å². The maximum atomic E-state index is 11.9. The van der Waals surface area contributed by atoms with Crippen LogP contribution in [-0.2, 0) is 4.79 Å². The van der Waals surface area contributed by atoms with Gasteiger partial charge in [0.2, 0.25) is 5.91 Å². The number of carbonyl (C=O) groups excluding carboxylic acids is 1. The summed E-state index contributed by atoms with van der Waals surface area (Å²) in [5.41, 5.74) is 1.77. The molecule has 5 heteroatoms. The minimum atomic E-state index is -0.0212. The molecule has 0 aliphatic heterocycles. The molecular formula is C18H21BrN2O2. The van der Waals surface area contributed by atoms with Gasteiger partial charge < -0.3 is 15.4 Å². The topological polar surface area (TPSA) is 50.4 Å². The highest BCUT2D eigenvalue weighted by atomic mass is 79.9. The highest BCUT2D eigenvalue weighted by molar-refractivity contribution is 9.10. The summed E-state index contributed by atoms with van der Waals surface area (Å²) < 4.78 is 6.60. The summed E-state index contributed by atoms with van der Waals surface area (Å²) >= 11 is 3.39. The van der Waals surface area contributed by atoms with E-state index >= 15 is 0 Å². The van der Waals surface area contributed by atoms with E-state index in [0.29, 0.717) is 13.0 Å². The van der Waals surface area contributed by atoms with Gasteiger partial charge in [-0.2, -0.15) is 0 Å². The fourth-order valence-corrected chi connectivity index (χ4v) is 2.26. The van der Waals surface area contributed by atoms with Crippen LogP contribution in [0.1, 0.15) is 20.3 Å². The molecule has 0 aromatic heterocycles. The zero-order valence-electron chi connectivity index (χ0n) is 13.3. The maximum Gasteiger partial charge on any atom is 0.226 e. The minimum absolute atomic E-state index is 0.0212. The van der Waals surface area contributed by atoms with Gasteiger partial charge in [0, 0.05) is 28.8 Å². The summed E-state index contributed by atoms with van der Waals surface area (Å²) in [7, 11) is 0. The largest absolute Gasteiger partial charge is 0.491 e. The third-order valence-corrected chi connectivity index (χ3v) is 3.56. The van der Waals surface area contributed by atoms with Crippen LogP contribution in [0.2, 0.25) is 0 Å². The summed E-state index contributed by atoms with van der Waals surface area (Å²) in [5, 5.41) is 6.09. The van der Waals surface area contributed by atoms with Crippen LogP contribution in [0.4, 0.5) is 11.4 Å². The monoisotopic (exact) mass is 376 g/mol. The lowest BCUT2D eigenvalue weighted by Crippen LogP contribution is -2.16. The molecule has 2 aromatic rings. The van der Waals surface area contributed by atoms with E-state index in [0.717, 1.165) is 21.6 Å². The molecule has 2 aromatic carbocycles. The van der Waals surface area contributed by atoms with Crippen molar-refractivity contribution in [3.05, 3.63) is 53.0 Å². The molecule has 23 heavy (non-hydrogen) atoms. The number of amides is 1. The molecule has 0 atom stereocenters. The molecule has 122 valence electrons. The SMILES string of the molecule is CC(C)Oc1ccc(NC(=O)CCNc2ccc(Br)cc2)cc1. The Bertz CT molecular complexity index is 624. The predicted octanol–water partition coefficient (Wildman–Crippen LogP) is 4.68. The Hall–Kier alpha value is -2.01. The van der Waals surface area contributed by atoms with Crippen LogP contribution < -0.4 is 15.4 Å². The van der Waals surface area contributed by atoms with Gasteiger partial charge in [0.05, 0.1) is 6.10 Å². The second-order valence-electron chi connectivity index (χ2n) is 5.42. The van der Waals surface area contributed by atoms with Crippen molar-refractivity contribution in [3.63, 3.8) is 0 Å². The van der Waals surface area contributed by atoms with E-state index in [1.54, 1.807) is 0 Å². The Morgan fingerprint density at radius 3 is 2.26 bits per heavy atom. The van der Waals surface area contributed by atoms with E-state index in [1.807, 2.05) is 62.4 Å². The van der Waals surface area contributed by atoms with Crippen molar-refractivity contribution in [2.24, 2.45) is 0 Å². The van der Waals surface area contributed by atoms with Crippen molar-refractivity contribution < 1.29 is 9.53 Å². The van der Waals surface area contributed by atoms with Crippen molar-refractivity contribution in [1.82, 2.24) is 0 Å². The maximum absolute atomic E-state index is 11.9. The van der Waals surface area contributed by atoms with Crippen LogP contribution in [0.15, 0.2) is 53.0 Å². The third-order valence-electron chi connectivity index (χ3n) is 3.04. The lowest BCUT2D eigenvalue weighted by molar-refractivity contribution is -0.115. The summed E-state index contributed by atoms with van der Waals surface area (Å²) in [5.74, 6) is 0.780. The molecule has 0 saturated heterocycles. The van der Waals surface area contributed by atoms with Crippen LogP contribution >= 0.6 is 15.9 Å². The van der Waals surface area contributed by atoms with E-state index in [-0.39, 0.29) is 12.0 Å². The fourth-order valence-electron chi connectivity index (χ4n) is 2.00. The normalized spacial score (nSPS) is 10.4. The molecule has 4 nitrogen and oxygen atoms in total. The van der Waals surface area contributed by atoms with Crippen molar-refractivity contribution in [2.75, 3.05) is 17.2 Å². The highest BCUT2D eigenvalue weighted by Gasteiger charge is 2.03. The molecule has 2 N–H and O–H groups in total. The van der Waals surface area contributed by atoms with Crippen molar-refractivity contribution in [1.29, 1.82) is 0 Å². The van der Waals surface area contributed by atoms with E-state index in [1.165, 1.54) is 0 Å². The zero-order chi connectivity index (χ0) is 16.7. The minimum Gasteiger partial charge on any atom is -0.491 e. The standard InChI is InChI=1S/C18H21BrN2O2/c1-13(2)23-17-9-7-16(8-10-17)21-18(22)11-12-20-15-5-3-14(19)4-6-15/h3-10,13,20H,11-12H2,1-2H3,(H,21,22). The first-order valence-electron chi connectivity index (χ1n) is 7.59. The molecule has 0 spiro atoms. The first kappa shape index (κ1) is 17.3. The molecular weight excluding hydrogens is 356 g/mol. The molecule has 0 aliphatic rings. The average molecular weight is 377 g/mol. The van der Waals surface area contributed by atoms with Crippen LogP contribution in [0.3, 0.4) is 0 Å².